The fourth-order valence-electron chi connectivity index (χ4n) is 5.24. The molecule has 2 heterocycles. The molecule has 2 saturated carbocycles. The molecule has 1 aromatic heterocycles. The van der Waals surface area contributed by atoms with Gasteiger partial charge in [0.05, 0.1) is 0 Å². The van der Waals surface area contributed by atoms with E-state index in [0.717, 1.165) is 24.6 Å². The highest BCUT2D eigenvalue weighted by Crippen LogP contribution is 2.36. The minimum Gasteiger partial charge on any atom is -0.388 e. The van der Waals surface area contributed by atoms with Crippen molar-refractivity contribution in [1.82, 2.24) is 15.2 Å². The van der Waals surface area contributed by atoms with Crippen LogP contribution in [0, 0.1) is 19.8 Å². The third-order valence-corrected chi connectivity index (χ3v) is 6.91. The third-order valence-electron chi connectivity index (χ3n) is 6.91. The number of aryl methyl sites for hydroxylation is 2. The van der Waals surface area contributed by atoms with Crippen LogP contribution in [0.1, 0.15) is 81.0 Å². The Morgan fingerprint density at radius 2 is 1.93 bits per heavy atom. The van der Waals surface area contributed by atoms with E-state index >= 15 is 0 Å². The number of aromatic nitrogens is 1. The number of nitrogens with one attached hydrogen (secondary N) is 1. The van der Waals surface area contributed by atoms with Crippen LogP contribution in [-0.2, 0) is 4.79 Å². The fraction of sp³-hybridized carbons (Fsp3) is 0.667. The number of pyridine rings is 1. The van der Waals surface area contributed by atoms with E-state index in [1.54, 1.807) is 0 Å². The van der Waals surface area contributed by atoms with Gasteiger partial charge in [-0.05, 0) is 81.9 Å². The lowest BCUT2D eigenvalue weighted by molar-refractivity contribution is -0.137. The van der Waals surface area contributed by atoms with Crippen molar-refractivity contribution < 1.29 is 4.79 Å². The van der Waals surface area contributed by atoms with Gasteiger partial charge in [0.2, 0.25) is 5.91 Å². The lowest BCUT2D eigenvalue weighted by atomic mass is 9.78. The van der Waals surface area contributed by atoms with Crippen molar-refractivity contribution in [2.75, 3.05) is 6.54 Å². The highest BCUT2D eigenvalue weighted by atomic mass is 16.2. The number of carbonyl (C=O) groups excluding carboxylic acids is 1. The highest BCUT2D eigenvalue weighted by molar-refractivity contribution is 5.80. The Bertz CT molecular complexity index is 715. The van der Waals surface area contributed by atoms with E-state index in [1.165, 1.54) is 68.1 Å². The molecule has 1 saturated heterocycles. The first-order valence-corrected chi connectivity index (χ1v) is 11.3. The number of carbonyl (C=O) groups is 1. The van der Waals surface area contributed by atoms with Crippen LogP contribution in [0.2, 0.25) is 0 Å². The van der Waals surface area contributed by atoms with E-state index in [0.29, 0.717) is 24.4 Å². The van der Waals surface area contributed by atoms with E-state index in [-0.39, 0.29) is 0 Å². The molecule has 1 aliphatic heterocycles. The predicted octanol–water partition coefficient (Wildman–Crippen LogP) is 4.75. The Hall–Kier alpha value is -1.84. The van der Waals surface area contributed by atoms with Crippen LogP contribution in [0.5, 0.6) is 0 Å². The van der Waals surface area contributed by atoms with Crippen molar-refractivity contribution in [2.45, 2.75) is 90.1 Å². The average molecular weight is 382 g/mol. The summed E-state index contributed by atoms with van der Waals surface area (Å²) in [5.41, 5.74) is 4.76. The zero-order valence-corrected chi connectivity index (χ0v) is 17.5. The van der Waals surface area contributed by atoms with Gasteiger partial charge < -0.3 is 10.2 Å². The monoisotopic (exact) mass is 381 g/mol. The molecule has 3 fully saturated rings. The summed E-state index contributed by atoms with van der Waals surface area (Å²) in [5.74, 6) is 1.11. The number of piperidine rings is 1. The predicted molar refractivity (Wildman–Crippen MR) is 114 cm³/mol. The molecular weight excluding hydrogens is 346 g/mol. The summed E-state index contributed by atoms with van der Waals surface area (Å²) in [4.78, 5) is 19.9. The van der Waals surface area contributed by atoms with Gasteiger partial charge in [-0.3, -0.25) is 9.78 Å². The first kappa shape index (κ1) is 19.5. The first-order valence-electron chi connectivity index (χ1n) is 11.3. The van der Waals surface area contributed by atoms with Crippen molar-refractivity contribution in [1.29, 1.82) is 0 Å². The standard InChI is InChI=1S/C24H35N3O/c1-17-13-14-25-18(2)24(17)20(16-26-21-10-11-21)9-12-23(28)27-15-5-7-19-6-3-4-8-22(19)27/h13-14,16,19,21-22,26H,3-12,15H2,1-2H3/b20-16-. The van der Waals surface area contributed by atoms with E-state index in [2.05, 4.69) is 41.3 Å². The van der Waals surface area contributed by atoms with Crippen LogP contribution < -0.4 is 5.32 Å². The Morgan fingerprint density at radius 3 is 2.71 bits per heavy atom. The van der Waals surface area contributed by atoms with E-state index in [4.69, 9.17) is 0 Å². The molecule has 152 valence electrons. The van der Waals surface area contributed by atoms with Crippen LogP contribution in [0.15, 0.2) is 18.5 Å². The van der Waals surface area contributed by atoms with Crippen LogP contribution in [0.4, 0.5) is 0 Å². The summed E-state index contributed by atoms with van der Waals surface area (Å²) in [6.45, 7) is 5.19. The van der Waals surface area contributed by atoms with E-state index in [1.807, 2.05) is 6.20 Å². The number of rotatable bonds is 6. The maximum absolute atomic E-state index is 13.2. The molecule has 0 spiro atoms. The van der Waals surface area contributed by atoms with Gasteiger partial charge in [0.25, 0.3) is 0 Å². The Balaban J connectivity index is 1.46. The molecule has 2 unspecified atom stereocenters. The molecule has 2 atom stereocenters. The number of amides is 1. The summed E-state index contributed by atoms with van der Waals surface area (Å²) in [7, 11) is 0. The molecular formula is C24H35N3O. The molecule has 28 heavy (non-hydrogen) atoms. The molecule has 4 nitrogen and oxygen atoms in total. The third kappa shape index (κ3) is 4.42. The first-order chi connectivity index (χ1) is 13.6. The topological polar surface area (TPSA) is 45.2 Å². The number of fused-ring (bicyclic) bond motifs is 1. The molecule has 1 N–H and O–H groups in total. The molecule has 2 aliphatic carbocycles. The summed E-state index contributed by atoms with van der Waals surface area (Å²) in [5, 5.41) is 3.54. The summed E-state index contributed by atoms with van der Waals surface area (Å²) in [6.07, 6.45) is 15.6. The van der Waals surface area contributed by atoms with Gasteiger partial charge in [-0.2, -0.15) is 0 Å². The van der Waals surface area contributed by atoms with Crippen molar-refractivity contribution in [3.8, 4) is 0 Å². The second-order valence-corrected chi connectivity index (χ2v) is 9.04. The van der Waals surface area contributed by atoms with Crippen molar-refractivity contribution in [3.63, 3.8) is 0 Å². The number of nitrogens with zero attached hydrogens (tertiary/aromatic N) is 2. The summed E-state index contributed by atoms with van der Waals surface area (Å²) >= 11 is 0. The number of likely N-dealkylation sites (tertiary alicyclic amines) is 1. The van der Waals surface area contributed by atoms with Crippen molar-refractivity contribution in [3.05, 3.63) is 35.3 Å². The van der Waals surface area contributed by atoms with Gasteiger partial charge in [-0.15, -0.1) is 0 Å². The average Bonchev–Trinajstić information content (AvgIpc) is 3.53. The minimum absolute atomic E-state index is 0.355. The molecule has 0 radical (unpaired) electrons. The van der Waals surface area contributed by atoms with Gasteiger partial charge in [0.1, 0.15) is 0 Å². The second kappa shape index (κ2) is 8.67. The minimum atomic E-state index is 0.355. The van der Waals surface area contributed by atoms with Crippen LogP contribution >= 0.6 is 0 Å². The Labute approximate surface area is 169 Å². The Kier molecular flexibility index (Phi) is 6.03. The van der Waals surface area contributed by atoms with Gasteiger partial charge in [-0.25, -0.2) is 0 Å². The van der Waals surface area contributed by atoms with Gasteiger partial charge in [-0.1, -0.05) is 12.8 Å². The smallest absolute Gasteiger partial charge is 0.223 e. The van der Waals surface area contributed by atoms with Gasteiger partial charge in [0, 0.05) is 48.7 Å². The maximum Gasteiger partial charge on any atom is 0.223 e. The van der Waals surface area contributed by atoms with Crippen LogP contribution in [0.25, 0.3) is 5.57 Å². The number of allylic oxidation sites excluding steroid dienone is 1. The Morgan fingerprint density at radius 1 is 1.14 bits per heavy atom. The molecule has 1 amide bonds. The molecule has 0 aromatic carbocycles. The summed E-state index contributed by atoms with van der Waals surface area (Å²) in [6, 6.07) is 3.20. The molecule has 3 aliphatic rings. The fourth-order valence-corrected chi connectivity index (χ4v) is 5.24. The number of hydrogen-bond donors (Lipinski definition) is 1. The SMILES string of the molecule is Cc1ccnc(C)c1/C(=C\NC1CC1)CCC(=O)N1CCCC2CCCCC21. The van der Waals surface area contributed by atoms with E-state index in [9.17, 15) is 4.79 Å². The lowest BCUT2D eigenvalue weighted by Crippen LogP contribution is -2.49. The molecule has 4 heteroatoms. The lowest BCUT2D eigenvalue weighted by Gasteiger charge is -2.44. The van der Waals surface area contributed by atoms with Crippen molar-refractivity contribution in [2.24, 2.45) is 5.92 Å². The second-order valence-electron chi connectivity index (χ2n) is 9.04. The highest BCUT2D eigenvalue weighted by Gasteiger charge is 2.35. The van der Waals surface area contributed by atoms with Crippen LogP contribution in [0.3, 0.4) is 0 Å². The normalized spacial score (nSPS) is 25.4. The number of hydrogen-bond acceptors (Lipinski definition) is 3. The molecule has 1 aromatic rings. The van der Waals surface area contributed by atoms with Gasteiger partial charge >= 0.3 is 0 Å². The zero-order chi connectivity index (χ0) is 19.5. The van der Waals surface area contributed by atoms with E-state index < -0.39 is 0 Å². The van der Waals surface area contributed by atoms with Crippen molar-refractivity contribution >= 4 is 11.5 Å². The van der Waals surface area contributed by atoms with Gasteiger partial charge in [0.15, 0.2) is 0 Å². The maximum atomic E-state index is 13.2. The molecule has 0 bridgehead atoms. The van der Waals surface area contributed by atoms with Crippen LogP contribution in [-0.4, -0.2) is 34.4 Å². The molecule has 4 rings (SSSR count). The quantitative estimate of drug-likeness (QED) is 0.773. The zero-order valence-electron chi connectivity index (χ0n) is 17.5. The summed E-state index contributed by atoms with van der Waals surface area (Å²) < 4.78 is 0. The largest absolute Gasteiger partial charge is 0.388 e.